The third kappa shape index (κ3) is 3.56. The highest BCUT2D eigenvalue weighted by Crippen LogP contribution is 2.24. The molecule has 2 rings (SSSR count). The molecule has 1 fully saturated rings. The van der Waals surface area contributed by atoms with Gasteiger partial charge in [-0.15, -0.1) is 0 Å². The van der Waals surface area contributed by atoms with Crippen molar-refractivity contribution in [3.63, 3.8) is 0 Å². The molecule has 0 spiro atoms. The Morgan fingerprint density at radius 2 is 2.14 bits per heavy atom. The molecule has 21 heavy (non-hydrogen) atoms. The number of piperidine rings is 1. The standard InChI is InChI=1S/C15H25N3O3/c1-4-13(14-10(2)17-21-11(14)3)16-15(20)18-7-5-12(9-19)6-8-18/h12-13,19H,4-9H2,1-3H3,(H,16,20). The van der Waals surface area contributed by atoms with Crippen molar-refractivity contribution in [3.8, 4) is 0 Å². The third-order valence-corrected chi connectivity index (χ3v) is 4.30. The van der Waals surface area contributed by atoms with E-state index in [1.165, 1.54) is 0 Å². The molecule has 1 aromatic rings. The summed E-state index contributed by atoms with van der Waals surface area (Å²) in [7, 11) is 0. The van der Waals surface area contributed by atoms with E-state index in [1.807, 2.05) is 25.7 Å². The number of aliphatic hydroxyl groups is 1. The van der Waals surface area contributed by atoms with E-state index < -0.39 is 0 Å². The van der Waals surface area contributed by atoms with Gasteiger partial charge in [0.2, 0.25) is 0 Å². The Labute approximate surface area is 125 Å². The molecule has 1 saturated heterocycles. The van der Waals surface area contributed by atoms with Gasteiger partial charge in [-0.05, 0) is 39.0 Å². The highest BCUT2D eigenvalue weighted by molar-refractivity contribution is 5.75. The van der Waals surface area contributed by atoms with E-state index in [4.69, 9.17) is 9.63 Å². The minimum Gasteiger partial charge on any atom is -0.396 e. The van der Waals surface area contributed by atoms with Crippen LogP contribution in [0.25, 0.3) is 0 Å². The van der Waals surface area contributed by atoms with Gasteiger partial charge in [0.25, 0.3) is 0 Å². The number of aryl methyl sites for hydroxylation is 2. The molecule has 0 bridgehead atoms. The van der Waals surface area contributed by atoms with E-state index in [1.54, 1.807) is 0 Å². The van der Waals surface area contributed by atoms with Crippen LogP contribution < -0.4 is 5.32 Å². The molecule has 0 aliphatic carbocycles. The van der Waals surface area contributed by atoms with Gasteiger partial charge in [-0.2, -0.15) is 0 Å². The summed E-state index contributed by atoms with van der Waals surface area (Å²) < 4.78 is 5.19. The zero-order valence-corrected chi connectivity index (χ0v) is 13.1. The van der Waals surface area contributed by atoms with Gasteiger partial charge < -0.3 is 19.8 Å². The molecule has 2 N–H and O–H groups in total. The highest BCUT2D eigenvalue weighted by atomic mass is 16.5. The van der Waals surface area contributed by atoms with Crippen molar-refractivity contribution in [2.24, 2.45) is 5.92 Å². The number of carbonyl (C=O) groups excluding carboxylic acids is 1. The maximum Gasteiger partial charge on any atom is 0.317 e. The Morgan fingerprint density at radius 3 is 2.62 bits per heavy atom. The van der Waals surface area contributed by atoms with Crippen LogP contribution in [0.2, 0.25) is 0 Å². The Balaban J connectivity index is 1.98. The largest absolute Gasteiger partial charge is 0.396 e. The van der Waals surface area contributed by atoms with Gasteiger partial charge in [-0.3, -0.25) is 0 Å². The second-order valence-corrected chi connectivity index (χ2v) is 5.76. The molecule has 1 aliphatic heterocycles. The van der Waals surface area contributed by atoms with Crippen molar-refractivity contribution < 1.29 is 14.4 Å². The summed E-state index contributed by atoms with van der Waals surface area (Å²) in [5.41, 5.74) is 1.81. The average molecular weight is 295 g/mol. The van der Waals surface area contributed by atoms with Gasteiger partial charge >= 0.3 is 6.03 Å². The SMILES string of the molecule is CCC(NC(=O)N1CCC(CO)CC1)c1c(C)noc1C. The molecule has 2 amide bonds. The van der Waals surface area contributed by atoms with Crippen molar-refractivity contribution in [1.82, 2.24) is 15.4 Å². The molecule has 6 nitrogen and oxygen atoms in total. The van der Waals surface area contributed by atoms with E-state index >= 15 is 0 Å². The first-order valence-electron chi connectivity index (χ1n) is 7.65. The first-order chi connectivity index (χ1) is 10.1. The van der Waals surface area contributed by atoms with Gasteiger partial charge in [0.05, 0.1) is 11.7 Å². The molecule has 0 radical (unpaired) electrons. The van der Waals surface area contributed by atoms with Gasteiger partial charge in [-0.25, -0.2) is 4.79 Å². The molecular formula is C15H25N3O3. The zero-order valence-electron chi connectivity index (χ0n) is 13.1. The number of rotatable bonds is 4. The average Bonchev–Trinajstić information content (AvgIpc) is 2.84. The van der Waals surface area contributed by atoms with Crippen LogP contribution >= 0.6 is 0 Å². The lowest BCUT2D eigenvalue weighted by Gasteiger charge is -2.32. The number of nitrogens with zero attached hydrogens (tertiary/aromatic N) is 2. The molecule has 6 heteroatoms. The van der Waals surface area contributed by atoms with Crippen LogP contribution in [0, 0.1) is 19.8 Å². The van der Waals surface area contributed by atoms with E-state index in [0.29, 0.717) is 19.0 Å². The lowest BCUT2D eigenvalue weighted by molar-refractivity contribution is 0.135. The van der Waals surface area contributed by atoms with Crippen LogP contribution in [0.15, 0.2) is 4.52 Å². The maximum atomic E-state index is 12.4. The lowest BCUT2D eigenvalue weighted by Crippen LogP contribution is -2.46. The second kappa shape index (κ2) is 6.93. The summed E-state index contributed by atoms with van der Waals surface area (Å²) in [5.74, 6) is 1.09. The predicted molar refractivity (Wildman–Crippen MR) is 78.9 cm³/mol. The summed E-state index contributed by atoms with van der Waals surface area (Å²) in [6.45, 7) is 7.43. The summed E-state index contributed by atoms with van der Waals surface area (Å²) >= 11 is 0. The van der Waals surface area contributed by atoms with Crippen LogP contribution in [-0.4, -0.2) is 40.9 Å². The van der Waals surface area contributed by atoms with Gasteiger partial charge in [-0.1, -0.05) is 12.1 Å². The number of urea groups is 1. The van der Waals surface area contributed by atoms with E-state index in [9.17, 15) is 4.79 Å². The quantitative estimate of drug-likeness (QED) is 0.892. The summed E-state index contributed by atoms with van der Waals surface area (Å²) in [6, 6.07) is -0.113. The number of carbonyl (C=O) groups is 1. The summed E-state index contributed by atoms with van der Waals surface area (Å²) in [4.78, 5) is 14.2. The van der Waals surface area contributed by atoms with E-state index in [-0.39, 0.29) is 18.7 Å². The summed E-state index contributed by atoms with van der Waals surface area (Å²) in [6.07, 6.45) is 2.53. The Morgan fingerprint density at radius 1 is 1.48 bits per heavy atom. The predicted octanol–water partition coefficient (Wildman–Crippen LogP) is 2.16. The molecule has 1 aliphatic rings. The highest BCUT2D eigenvalue weighted by Gasteiger charge is 2.26. The van der Waals surface area contributed by atoms with Gasteiger partial charge in [0.15, 0.2) is 0 Å². The Bertz CT molecular complexity index is 459. The van der Waals surface area contributed by atoms with Gasteiger partial charge in [0.1, 0.15) is 5.76 Å². The Kier molecular flexibility index (Phi) is 5.22. The second-order valence-electron chi connectivity index (χ2n) is 5.76. The first kappa shape index (κ1) is 15.8. The molecule has 2 heterocycles. The van der Waals surface area contributed by atoms with Crippen LogP contribution in [0.5, 0.6) is 0 Å². The van der Waals surface area contributed by atoms with Gasteiger partial charge in [0, 0.05) is 25.3 Å². The normalized spacial score (nSPS) is 17.8. The zero-order chi connectivity index (χ0) is 15.4. The molecular weight excluding hydrogens is 270 g/mol. The number of hydrogen-bond donors (Lipinski definition) is 2. The van der Waals surface area contributed by atoms with E-state index in [0.717, 1.165) is 36.3 Å². The molecule has 1 aromatic heterocycles. The van der Waals surface area contributed by atoms with Crippen LogP contribution in [0.3, 0.4) is 0 Å². The van der Waals surface area contributed by atoms with Crippen molar-refractivity contribution in [2.45, 2.75) is 46.1 Å². The number of likely N-dealkylation sites (tertiary alicyclic amines) is 1. The fourth-order valence-corrected chi connectivity index (χ4v) is 2.92. The van der Waals surface area contributed by atoms with Crippen molar-refractivity contribution in [2.75, 3.05) is 19.7 Å². The van der Waals surface area contributed by atoms with Crippen LogP contribution in [0.4, 0.5) is 4.79 Å². The van der Waals surface area contributed by atoms with Crippen LogP contribution in [-0.2, 0) is 0 Å². The lowest BCUT2D eigenvalue weighted by atomic mass is 9.98. The minimum atomic E-state index is -0.0701. The number of amides is 2. The fraction of sp³-hybridized carbons (Fsp3) is 0.733. The molecule has 0 saturated carbocycles. The molecule has 1 unspecified atom stereocenters. The number of aromatic nitrogens is 1. The molecule has 118 valence electrons. The van der Waals surface area contributed by atoms with Crippen LogP contribution in [0.1, 0.15) is 49.2 Å². The number of aliphatic hydroxyl groups excluding tert-OH is 1. The first-order valence-corrected chi connectivity index (χ1v) is 7.65. The van der Waals surface area contributed by atoms with Crippen molar-refractivity contribution in [3.05, 3.63) is 17.0 Å². The van der Waals surface area contributed by atoms with E-state index in [2.05, 4.69) is 10.5 Å². The monoisotopic (exact) mass is 295 g/mol. The molecule has 1 atom stereocenters. The number of nitrogens with one attached hydrogen (secondary N) is 1. The smallest absolute Gasteiger partial charge is 0.317 e. The summed E-state index contributed by atoms with van der Waals surface area (Å²) in [5, 5.41) is 16.2. The maximum absolute atomic E-state index is 12.4. The molecule has 0 aromatic carbocycles. The minimum absolute atomic E-state index is 0.0433. The van der Waals surface area contributed by atoms with Crippen molar-refractivity contribution in [1.29, 1.82) is 0 Å². The topological polar surface area (TPSA) is 78.6 Å². The third-order valence-electron chi connectivity index (χ3n) is 4.30. The Hall–Kier alpha value is -1.56. The van der Waals surface area contributed by atoms with Crippen molar-refractivity contribution >= 4 is 6.03 Å². The fourth-order valence-electron chi connectivity index (χ4n) is 2.92. The number of hydrogen-bond acceptors (Lipinski definition) is 4.